The van der Waals surface area contributed by atoms with Gasteiger partial charge in [-0.2, -0.15) is 0 Å². The molecule has 0 aromatic heterocycles. The standard InChI is InChI=1S/C14H16F2N2O/c15-10-1-2-11(12(16)7-10)14(19)18-6-4-13-9(8-18)3-5-17-13/h1-2,7,9,13,17H,3-6,8H2. The van der Waals surface area contributed by atoms with Gasteiger partial charge in [-0.1, -0.05) is 0 Å². The first-order valence-electron chi connectivity index (χ1n) is 6.63. The van der Waals surface area contributed by atoms with Gasteiger partial charge in [-0.05, 0) is 37.4 Å². The molecule has 2 heterocycles. The summed E-state index contributed by atoms with van der Waals surface area (Å²) in [4.78, 5) is 13.9. The summed E-state index contributed by atoms with van der Waals surface area (Å²) in [5, 5.41) is 3.41. The van der Waals surface area contributed by atoms with Gasteiger partial charge in [0.25, 0.3) is 5.91 Å². The van der Waals surface area contributed by atoms with Crippen LogP contribution in [0.5, 0.6) is 0 Å². The molecule has 2 saturated heterocycles. The third-order valence-electron chi connectivity index (χ3n) is 4.10. The van der Waals surface area contributed by atoms with E-state index in [0.717, 1.165) is 31.5 Å². The molecule has 0 spiro atoms. The molecule has 2 atom stereocenters. The van der Waals surface area contributed by atoms with Crippen molar-refractivity contribution in [3.63, 3.8) is 0 Å². The van der Waals surface area contributed by atoms with Gasteiger partial charge in [-0.25, -0.2) is 8.78 Å². The number of piperidine rings is 1. The molecule has 3 rings (SSSR count). The molecule has 0 radical (unpaired) electrons. The molecular weight excluding hydrogens is 250 g/mol. The zero-order chi connectivity index (χ0) is 13.4. The molecule has 2 aliphatic rings. The molecule has 1 aromatic carbocycles. The Bertz CT molecular complexity index is 506. The van der Waals surface area contributed by atoms with Crippen molar-refractivity contribution in [3.8, 4) is 0 Å². The fourth-order valence-corrected chi connectivity index (χ4v) is 3.07. The molecule has 2 unspecified atom stereocenters. The molecule has 0 aliphatic carbocycles. The van der Waals surface area contributed by atoms with Gasteiger partial charge in [0.05, 0.1) is 5.56 Å². The number of hydrogen-bond acceptors (Lipinski definition) is 2. The van der Waals surface area contributed by atoms with Crippen molar-refractivity contribution in [1.29, 1.82) is 0 Å². The third kappa shape index (κ3) is 2.34. The number of rotatable bonds is 1. The first kappa shape index (κ1) is 12.5. The van der Waals surface area contributed by atoms with Crippen molar-refractivity contribution < 1.29 is 13.6 Å². The Morgan fingerprint density at radius 3 is 2.95 bits per heavy atom. The lowest BCUT2D eigenvalue weighted by molar-refractivity contribution is 0.0657. The second kappa shape index (κ2) is 4.89. The summed E-state index contributed by atoms with van der Waals surface area (Å²) < 4.78 is 26.5. The monoisotopic (exact) mass is 266 g/mol. The minimum atomic E-state index is -0.781. The van der Waals surface area contributed by atoms with Crippen LogP contribution in [0, 0.1) is 17.6 Å². The minimum Gasteiger partial charge on any atom is -0.338 e. The fourth-order valence-electron chi connectivity index (χ4n) is 3.07. The summed E-state index contributed by atoms with van der Waals surface area (Å²) >= 11 is 0. The Morgan fingerprint density at radius 2 is 2.16 bits per heavy atom. The van der Waals surface area contributed by atoms with E-state index in [0.29, 0.717) is 25.0 Å². The topological polar surface area (TPSA) is 32.3 Å². The lowest BCUT2D eigenvalue weighted by Crippen LogP contribution is -2.47. The number of halogens is 2. The Labute approximate surface area is 110 Å². The van der Waals surface area contributed by atoms with Crippen LogP contribution in [0.15, 0.2) is 18.2 Å². The third-order valence-corrected chi connectivity index (χ3v) is 4.10. The molecule has 102 valence electrons. The molecule has 2 aliphatic heterocycles. The Morgan fingerprint density at radius 1 is 1.32 bits per heavy atom. The lowest BCUT2D eigenvalue weighted by atomic mass is 9.93. The van der Waals surface area contributed by atoms with Gasteiger partial charge >= 0.3 is 0 Å². The maximum atomic E-state index is 13.6. The van der Waals surface area contributed by atoms with Gasteiger partial charge in [0.1, 0.15) is 11.6 Å². The summed E-state index contributed by atoms with van der Waals surface area (Å²) in [6.45, 7) is 2.28. The van der Waals surface area contributed by atoms with Crippen molar-refractivity contribution in [1.82, 2.24) is 10.2 Å². The van der Waals surface area contributed by atoms with Gasteiger partial charge in [-0.3, -0.25) is 4.79 Å². The van der Waals surface area contributed by atoms with Crippen LogP contribution < -0.4 is 5.32 Å². The predicted octanol–water partition coefficient (Wildman–Crippen LogP) is 1.79. The molecule has 1 amide bonds. The van der Waals surface area contributed by atoms with Crippen molar-refractivity contribution in [2.24, 2.45) is 5.92 Å². The minimum absolute atomic E-state index is 0.0363. The Balaban J connectivity index is 1.76. The van der Waals surface area contributed by atoms with Gasteiger partial charge < -0.3 is 10.2 Å². The predicted molar refractivity (Wildman–Crippen MR) is 66.8 cm³/mol. The highest BCUT2D eigenvalue weighted by Gasteiger charge is 2.35. The van der Waals surface area contributed by atoms with Crippen molar-refractivity contribution >= 4 is 5.91 Å². The second-order valence-corrected chi connectivity index (χ2v) is 5.27. The zero-order valence-corrected chi connectivity index (χ0v) is 10.5. The number of fused-ring (bicyclic) bond motifs is 1. The summed E-state index contributed by atoms with van der Waals surface area (Å²) in [7, 11) is 0. The molecular formula is C14H16F2N2O. The van der Waals surface area contributed by atoms with E-state index in [1.807, 2.05) is 0 Å². The zero-order valence-electron chi connectivity index (χ0n) is 10.5. The van der Waals surface area contributed by atoms with E-state index >= 15 is 0 Å². The van der Waals surface area contributed by atoms with E-state index in [1.54, 1.807) is 4.90 Å². The lowest BCUT2D eigenvalue weighted by Gasteiger charge is -2.35. The van der Waals surface area contributed by atoms with Crippen molar-refractivity contribution in [2.75, 3.05) is 19.6 Å². The highest BCUT2D eigenvalue weighted by molar-refractivity contribution is 5.94. The van der Waals surface area contributed by atoms with E-state index in [2.05, 4.69) is 5.32 Å². The maximum absolute atomic E-state index is 13.6. The van der Waals surface area contributed by atoms with Crippen molar-refractivity contribution in [2.45, 2.75) is 18.9 Å². The average Bonchev–Trinajstić information content (AvgIpc) is 2.85. The van der Waals surface area contributed by atoms with Crippen LogP contribution in [0.1, 0.15) is 23.2 Å². The van der Waals surface area contributed by atoms with Crippen LogP contribution in [-0.2, 0) is 0 Å². The van der Waals surface area contributed by atoms with E-state index < -0.39 is 11.6 Å². The highest BCUT2D eigenvalue weighted by Crippen LogP contribution is 2.26. The molecule has 3 nitrogen and oxygen atoms in total. The maximum Gasteiger partial charge on any atom is 0.256 e. The van der Waals surface area contributed by atoms with E-state index in [1.165, 1.54) is 6.07 Å². The van der Waals surface area contributed by atoms with Gasteiger partial charge in [0.2, 0.25) is 0 Å². The summed E-state index contributed by atoms with van der Waals surface area (Å²) in [6.07, 6.45) is 1.96. The van der Waals surface area contributed by atoms with Crippen LogP contribution >= 0.6 is 0 Å². The Kier molecular flexibility index (Phi) is 3.22. The highest BCUT2D eigenvalue weighted by atomic mass is 19.1. The van der Waals surface area contributed by atoms with Crippen LogP contribution in [0.2, 0.25) is 0 Å². The van der Waals surface area contributed by atoms with E-state index in [9.17, 15) is 13.6 Å². The van der Waals surface area contributed by atoms with Gasteiger partial charge in [-0.15, -0.1) is 0 Å². The first-order chi connectivity index (χ1) is 9.15. The van der Waals surface area contributed by atoms with E-state index in [4.69, 9.17) is 0 Å². The van der Waals surface area contributed by atoms with Crippen molar-refractivity contribution in [3.05, 3.63) is 35.4 Å². The molecule has 5 heteroatoms. The molecule has 0 saturated carbocycles. The molecule has 1 N–H and O–H groups in total. The van der Waals surface area contributed by atoms with Gasteiger partial charge in [0, 0.05) is 25.2 Å². The number of carbonyl (C=O) groups excluding carboxylic acids is 1. The number of likely N-dealkylation sites (tertiary alicyclic amines) is 1. The number of benzene rings is 1. The summed E-state index contributed by atoms with van der Waals surface area (Å²) in [6, 6.07) is 3.60. The summed E-state index contributed by atoms with van der Waals surface area (Å²) in [5.41, 5.74) is -0.0363. The SMILES string of the molecule is O=C(c1ccc(F)cc1F)N1CCC2NCCC2C1. The average molecular weight is 266 g/mol. The first-order valence-corrected chi connectivity index (χ1v) is 6.63. The molecule has 2 fully saturated rings. The van der Waals surface area contributed by atoms with Crippen LogP contribution in [-0.4, -0.2) is 36.5 Å². The molecule has 19 heavy (non-hydrogen) atoms. The Hall–Kier alpha value is -1.49. The second-order valence-electron chi connectivity index (χ2n) is 5.27. The quantitative estimate of drug-likeness (QED) is 0.840. The number of hydrogen-bond donors (Lipinski definition) is 1. The summed E-state index contributed by atoms with van der Waals surface area (Å²) in [5.74, 6) is -1.31. The smallest absolute Gasteiger partial charge is 0.256 e. The van der Waals surface area contributed by atoms with Gasteiger partial charge in [0.15, 0.2) is 0 Å². The number of amides is 1. The molecule has 1 aromatic rings. The number of nitrogens with zero attached hydrogens (tertiary/aromatic N) is 1. The molecule has 0 bridgehead atoms. The number of carbonyl (C=O) groups is 1. The van der Waals surface area contributed by atoms with Crippen LogP contribution in [0.25, 0.3) is 0 Å². The van der Waals surface area contributed by atoms with Crippen LogP contribution in [0.3, 0.4) is 0 Å². The van der Waals surface area contributed by atoms with Crippen LogP contribution in [0.4, 0.5) is 8.78 Å². The number of nitrogens with one attached hydrogen (secondary N) is 1. The fraction of sp³-hybridized carbons (Fsp3) is 0.500. The van der Waals surface area contributed by atoms with E-state index in [-0.39, 0.29) is 11.5 Å². The largest absolute Gasteiger partial charge is 0.338 e. The normalized spacial score (nSPS) is 26.3.